The van der Waals surface area contributed by atoms with E-state index in [4.69, 9.17) is 5.73 Å². The summed E-state index contributed by atoms with van der Waals surface area (Å²) in [4.78, 5) is 12.6. The second kappa shape index (κ2) is 6.75. The van der Waals surface area contributed by atoms with Gasteiger partial charge >= 0.3 is 0 Å². The molecule has 21 heavy (non-hydrogen) atoms. The quantitative estimate of drug-likeness (QED) is 0.898. The van der Waals surface area contributed by atoms with Crippen molar-refractivity contribution in [2.24, 2.45) is 5.73 Å². The molecule has 0 aromatic heterocycles. The van der Waals surface area contributed by atoms with Gasteiger partial charge in [-0.2, -0.15) is 0 Å². The van der Waals surface area contributed by atoms with E-state index in [9.17, 15) is 9.18 Å². The Morgan fingerprint density at radius 3 is 2.52 bits per heavy atom. The summed E-state index contributed by atoms with van der Waals surface area (Å²) < 4.78 is 13.5. The molecule has 0 radical (unpaired) electrons. The highest BCUT2D eigenvalue weighted by atomic mass is 35.5. The van der Waals surface area contributed by atoms with Crippen LogP contribution >= 0.6 is 12.4 Å². The fourth-order valence-corrected chi connectivity index (χ4v) is 2.89. The van der Waals surface area contributed by atoms with Crippen LogP contribution in [0.4, 0.5) is 4.39 Å². The Morgan fingerprint density at radius 2 is 2.00 bits per heavy atom. The Labute approximate surface area is 131 Å². The van der Waals surface area contributed by atoms with E-state index >= 15 is 0 Å². The molecular formula is C16H24ClFN2O. The van der Waals surface area contributed by atoms with Crippen LogP contribution in [0.3, 0.4) is 0 Å². The van der Waals surface area contributed by atoms with Crippen molar-refractivity contribution in [1.82, 2.24) is 5.32 Å². The lowest BCUT2D eigenvalue weighted by atomic mass is 9.78. The number of amides is 1. The Kier molecular flexibility index (Phi) is 5.76. The number of carbonyl (C=O) groups excluding carboxylic acids is 1. The van der Waals surface area contributed by atoms with E-state index in [1.54, 1.807) is 6.07 Å². The lowest BCUT2D eigenvalue weighted by Crippen LogP contribution is -2.50. The first-order valence-corrected chi connectivity index (χ1v) is 7.17. The summed E-state index contributed by atoms with van der Waals surface area (Å²) in [6, 6.07) is 6.41. The van der Waals surface area contributed by atoms with Gasteiger partial charge < -0.3 is 11.1 Å². The monoisotopic (exact) mass is 314 g/mol. The maximum absolute atomic E-state index is 13.5. The first-order valence-electron chi connectivity index (χ1n) is 7.17. The summed E-state index contributed by atoms with van der Waals surface area (Å²) in [6.07, 6.45) is 3.53. The zero-order chi connectivity index (χ0) is 14.8. The van der Waals surface area contributed by atoms with E-state index in [2.05, 4.69) is 5.32 Å². The minimum atomic E-state index is -0.590. The molecule has 1 aliphatic carbocycles. The average molecular weight is 315 g/mol. The Balaban J connectivity index is 0.00000220. The molecular weight excluding hydrogens is 291 g/mol. The lowest BCUT2D eigenvalue weighted by Gasteiger charge is -2.30. The Hall–Kier alpha value is -1.13. The molecule has 1 saturated carbocycles. The van der Waals surface area contributed by atoms with Gasteiger partial charge in [0.1, 0.15) is 5.82 Å². The zero-order valence-electron chi connectivity index (χ0n) is 12.6. The number of hydrogen-bond donors (Lipinski definition) is 2. The summed E-state index contributed by atoms with van der Waals surface area (Å²) in [7, 11) is 0. The fourth-order valence-electron chi connectivity index (χ4n) is 2.89. The molecule has 1 fully saturated rings. The molecule has 1 amide bonds. The van der Waals surface area contributed by atoms with E-state index < -0.39 is 11.0 Å². The second-order valence-electron chi connectivity index (χ2n) is 6.47. The Bertz CT molecular complexity index is 493. The third kappa shape index (κ3) is 4.17. The SMILES string of the molecule is CC(C)(N)CNC(=O)C1(c2cccc(F)c2)CCCC1.Cl. The molecule has 0 saturated heterocycles. The van der Waals surface area contributed by atoms with Gasteiger partial charge in [-0.1, -0.05) is 25.0 Å². The van der Waals surface area contributed by atoms with Crippen molar-refractivity contribution in [3.8, 4) is 0 Å². The molecule has 5 heteroatoms. The number of benzene rings is 1. The van der Waals surface area contributed by atoms with Gasteiger partial charge in [-0.15, -0.1) is 12.4 Å². The molecule has 0 heterocycles. The second-order valence-corrected chi connectivity index (χ2v) is 6.47. The van der Waals surface area contributed by atoms with E-state index in [0.29, 0.717) is 6.54 Å². The van der Waals surface area contributed by atoms with Gasteiger partial charge in [0.15, 0.2) is 0 Å². The van der Waals surface area contributed by atoms with Crippen LogP contribution in [0, 0.1) is 5.82 Å². The lowest BCUT2D eigenvalue weighted by molar-refractivity contribution is -0.126. The van der Waals surface area contributed by atoms with Gasteiger partial charge in [-0.25, -0.2) is 4.39 Å². The van der Waals surface area contributed by atoms with Crippen molar-refractivity contribution in [2.45, 2.75) is 50.5 Å². The van der Waals surface area contributed by atoms with Gasteiger partial charge in [0.05, 0.1) is 5.41 Å². The molecule has 2 rings (SSSR count). The van der Waals surface area contributed by atoms with E-state index in [1.807, 2.05) is 19.9 Å². The van der Waals surface area contributed by atoms with Crippen molar-refractivity contribution in [2.75, 3.05) is 6.54 Å². The average Bonchev–Trinajstić information content (AvgIpc) is 2.85. The molecule has 1 aliphatic rings. The van der Waals surface area contributed by atoms with Crippen LogP contribution in [0.2, 0.25) is 0 Å². The topological polar surface area (TPSA) is 55.1 Å². The predicted octanol–water partition coefficient (Wildman–Crippen LogP) is 2.91. The molecule has 3 nitrogen and oxygen atoms in total. The molecule has 118 valence electrons. The van der Waals surface area contributed by atoms with Crippen LogP contribution in [-0.4, -0.2) is 18.0 Å². The minimum absolute atomic E-state index is 0. The fraction of sp³-hybridized carbons (Fsp3) is 0.562. The third-order valence-electron chi connectivity index (χ3n) is 3.97. The minimum Gasteiger partial charge on any atom is -0.354 e. The maximum Gasteiger partial charge on any atom is 0.230 e. The molecule has 0 bridgehead atoms. The van der Waals surface area contributed by atoms with Crippen molar-refractivity contribution in [3.05, 3.63) is 35.6 Å². The van der Waals surface area contributed by atoms with Crippen LogP contribution in [0.5, 0.6) is 0 Å². The van der Waals surface area contributed by atoms with Gasteiger partial charge in [0, 0.05) is 12.1 Å². The summed E-state index contributed by atoms with van der Waals surface area (Å²) in [5.74, 6) is -0.320. The highest BCUT2D eigenvalue weighted by Gasteiger charge is 2.42. The van der Waals surface area contributed by atoms with Gasteiger partial charge in [-0.3, -0.25) is 4.79 Å². The Morgan fingerprint density at radius 1 is 1.38 bits per heavy atom. The number of carbonyl (C=O) groups is 1. The van der Waals surface area contributed by atoms with Gasteiger partial charge in [-0.05, 0) is 44.4 Å². The van der Waals surface area contributed by atoms with E-state index in [1.165, 1.54) is 12.1 Å². The van der Waals surface area contributed by atoms with Crippen molar-refractivity contribution in [1.29, 1.82) is 0 Å². The van der Waals surface area contributed by atoms with Crippen LogP contribution in [0.25, 0.3) is 0 Å². The molecule has 1 aromatic carbocycles. The van der Waals surface area contributed by atoms with E-state index in [0.717, 1.165) is 31.2 Å². The summed E-state index contributed by atoms with van der Waals surface area (Å²) >= 11 is 0. The highest BCUT2D eigenvalue weighted by Crippen LogP contribution is 2.41. The molecule has 0 atom stereocenters. The molecule has 0 unspecified atom stereocenters. The number of rotatable bonds is 4. The number of halogens is 2. The number of hydrogen-bond acceptors (Lipinski definition) is 2. The van der Waals surface area contributed by atoms with E-state index in [-0.39, 0.29) is 24.1 Å². The first-order chi connectivity index (χ1) is 9.33. The zero-order valence-corrected chi connectivity index (χ0v) is 13.4. The first kappa shape index (κ1) is 17.9. The highest BCUT2D eigenvalue weighted by molar-refractivity contribution is 5.88. The van der Waals surface area contributed by atoms with Crippen LogP contribution in [0.1, 0.15) is 45.1 Å². The van der Waals surface area contributed by atoms with Crippen LogP contribution < -0.4 is 11.1 Å². The predicted molar refractivity (Wildman–Crippen MR) is 85.1 cm³/mol. The van der Waals surface area contributed by atoms with Crippen molar-refractivity contribution < 1.29 is 9.18 Å². The number of nitrogens with one attached hydrogen (secondary N) is 1. The summed E-state index contributed by atoms with van der Waals surface area (Å²) in [5.41, 5.74) is 5.66. The van der Waals surface area contributed by atoms with Crippen molar-refractivity contribution in [3.63, 3.8) is 0 Å². The molecule has 1 aromatic rings. The molecule has 0 spiro atoms. The molecule has 3 N–H and O–H groups in total. The normalized spacial score (nSPS) is 17.1. The largest absolute Gasteiger partial charge is 0.354 e. The van der Waals surface area contributed by atoms with Crippen molar-refractivity contribution >= 4 is 18.3 Å². The maximum atomic E-state index is 13.5. The molecule has 0 aliphatic heterocycles. The third-order valence-corrected chi connectivity index (χ3v) is 3.97. The van der Waals surface area contributed by atoms with Gasteiger partial charge in [0.2, 0.25) is 5.91 Å². The standard InChI is InChI=1S/C16H23FN2O.ClH/c1-15(2,18)11-19-14(20)16(8-3-4-9-16)12-6-5-7-13(17)10-12;/h5-7,10H,3-4,8-9,11,18H2,1-2H3,(H,19,20);1H. The number of nitrogens with two attached hydrogens (primary N) is 1. The smallest absolute Gasteiger partial charge is 0.230 e. The van der Waals surface area contributed by atoms with Crippen LogP contribution in [-0.2, 0) is 10.2 Å². The van der Waals surface area contributed by atoms with Crippen LogP contribution in [0.15, 0.2) is 24.3 Å². The summed E-state index contributed by atoms with van der Waals surface area (Å²) in [5, 5.41) is 2.94. The van der Waals surface area contributed by atoms with Gasteiger partial charge in [0.25, 0.3) is 0 Å². The summed E-state index contributed by atoms with van der Waals surface area (Å²) in [6.45, 7) is 4.16.